The summed E-state index contributed by atoms with van der Waals surface area (Å²) in [6.45, 7) is 6.90. The second kappa shape index (κ2) is 9.67. The van der Waals surface area contributed by atoms with Crippen molar-refractivity contribution in [2.24, 2.45) is 0 Å². The molecule has 1 fully saturated rings. The molecule has 1 saturated heterocycles. The Hall–Kier alpha value is -2.17. The van der Waals surface area contributed by atoms with Gasteiger partial charge in [0, 0.05) is 31.7 Å². The summed E-state index contributed by atoms with van der Waals surface area (Å²) in [5.41, 5.74) is 3.37. The molecule has 1 heterocycles. The summed E-state index contributed by atoms with van der Waals surface area (Å²) in [6.07, 6.45) is 2.81. The Bertz CT molecular complexity index is 722. The number of carbonyl (C=O) groups excluding carboxylic acids is 1. The molecule has 1 aliphatic heterocycles. The van der Waals surface area contributed by atoms with Gasteiger partial charge in [-0.05, 0) is 43.9 Å². The van der Waals surface area contributed by atoms with Gasteiger partial charge >= 0.3 is 0 Å². The van der Waals surface area contributed by atoms with Gasteiger partial charge < -0.3 is 10.1 Å². The Labute approximate surface area is 162 Å². The molecule has 1 amide bonds. The maximum Gasteiger partial charge on any atom is 0.224 e. The Morgan fingerprint density at radius 3 is 2.44 bits per heavy atom. The Morgan fingerprint density at radius 2 is 1.70 bits per heavy atom. The van der Waals surface area contributed by atoms with E-state index in [9.17, 15) is 4.79 Å². The minimum Gasteiger partial charge on any atom is -0.373 e. The molecule has 27 heavy (non-hydrogen) atoms. The molecule has 4 heteroatoms. The molecule has 0 bridgehead atoms. The number of carbonyl (C=O) groups is 1. The molecule has 0 spiro atoms. The first-order valence-electron chi connectivity index (χ1n) is 9.89. The number of nitrogens with zero attached hydrogens (tertiary/aromatic N) is 1. The zero-order valence-corrected chi connectivity index (χ0v) is 16.4. The van der Waals surface area contributed by atoms with E-state index in [1.54, 1.807) is 0 Å². The maximum absolute atomic E-state index is 12.4. The number of amides is 1. The third-order valence-electron chi connectivity index (χ3n) is 4.89. The van der Waals surface area contributed by atoms with Crippen LogP contribution < -0.4 is 5.32 Å². The summed E-state index contributed by atoms with van der Waals surface area (Å²) in [4.78, 5) is 14.8. The van der Waals surface area contributed by atoms with Crippen molar-refractivity contribution in [3.63, 3.8) is 0 Å². The van der Waals surface area contributed by atoms with Crippen LogP contribution >= 0.6 is 0 Å². The zero-order valence-electron chi connectivity index (χ0n) is 16.4. The van der Waals surface area contributed by atoms with Crippen LogP contribution in [0.4, 0.5) is 5.69 Å². The molecule has 2 aromatic carbocycles. The molecule has 2 aromatic rings. The lowest BCUT2D eigenvalue weighted by molar-refractivity contribution is -0.116. The van der Waals surface area contributed by atoms with Crippen LogP contribution in [0.2, 0.25) is 0 Å². The van der Waals surface area contributed by atoms with Gasteiger partial charge in [-0.25, -0.2) is 0 Å². The minimum atomic E-state index is 0.0853. The van der Waals surface area contributed by atoms with Gasteiger partial charge in [0.25, 0.3) is 0 Å². The normalized spacial score (nSPS) is 20.4. The van der Waals surface area contributed by atoms with Crippen LogP contribution in [0.15, 0.2) is 54.6 Å². The van der Waals surface area contributed by atoms with Crippen molar-refractivity contribution < 1.29 is 9.53 Å². The average Bonchev–Trinajstić information content (AvgIpc) is 2.63. The first kappa shape index (κ1) is 19.6. The number of aryl methyl sites for hydroxylation is 1. The van der Waals surface area contributed by atoms with Gasteiger partial charge in [0.05, 0.1) is 12.2 Å². The van der Waals surface area contributed by atoms with Crippen molar-refractivity contribution in [3.8, 4) is 0 Å². The lowest BCUT2D eigenvalue weighted by Crippen LogP contribution is -2.44. The summed E-state index contributed by atoms with van der Waals surface area (Å²) < 4.78 is 5.82. The van der Waals surface area contributed by atoms with E-state index in [-0.39, 0.29) is 18.1 Å². The summed E-state index contributed by atoms with van der Waals surface area (Å²) in [5, 5.41) is 3.11. The van der Waals surface area contributed by atoms with E-state index in [0.29, 0.717) is 6.42 Å². The van der Waals surface area contributed by atoms with Crippen LogP contribution in [0.1, 0.15) is 37.8 Å². The van der Waals surface area contributed by atoms with Crippen molar-refractivity contribution in [2.45, 2.75) is 51.9 Å². The maximum atomic E-state index is 12.4. The number of nitrogens with one attached hydrogen (secondary N) is 1. The van der Waals surface area contributed by atoms with Crippen LogP contribution in [0.25, 0.3) is 0 Å². The van der Waals surface area contributed by atoms with Gasteiger partial charge in [-0.2, -0.15) is 0 Å². The largest absolute Gasteiger partial charge is 0.373 e. The Kier molecular flexibility index (Phi) is 7.02. The van der Waals surface area contributed by atoms with Crippen LogP contribution in [-0.4, -0.2) is 36.1 Å². The fraction of sp³-hybridized carbons (Fsp3) is 0.435. The lowest BCUT2D eigenvalue weighted by atomic mass is 10.1. The van der Waals surface area contributed by atoms with Crippen LogP contribution in [-0.2, 0) is 22.5 Å². The van der Waals surface area contributed by atoms with E-state index in [2.05, 4.69) is 42.3 Å². The van der Waals surface area contributed by atoms with E-state index in [1.807, 2.05) is 36.4 Å². The highest BCUT2D eigenvalue weighted by Crippen LogP contribution is 2.20. The molecule has 2 unspecified atom stereocenters. The Balaban J connectivity index is 1.53. The molecule has 144 valence electrons. The number of morpholine rings is 1. The number of hydrogen-bond donors (Lipinski definition) is 1. The molecule has 4 nitrogen and oxygen atoms in total. The lowest BCUT2D eigenvalue weighted by Gasteiger charge is -2.35. The van der Waals surface area contributed by atoms with Gasteiger partial charge in [-0.3, -0.25) is 9.69 Å². The van der Waals surface area contributed by atoms with Crippen LogP contribution in [0, 0.1) is 0 Å². The number of benzene rings is 2. The highest BCUT2D eigenvalue weighted by atomic mass is 16.5. The van der Waals surface area contributed by atoms with Crippen molar-refractivity contribution in [1.82, 2.24) is 4.90 Å². The second-order valence-electron chi connectivity index (χ2n) is 7.50. The molecule has 1 N–H and O–H groups in total. The minimum absolute atomic E-state index is 0.0853. The average molecular weight is 367 g/mol. The molecule has 2 atom stereocenters. The third-order valence-corrected chi connectivity index (χ3v) is 4.89. The molecule has 3 rings (SSSR count). The van der Waals surface area contributed by atoms with Crippen molar-refractivity contribution in [2.75, 3.05) is 18.4 Å². The Morgan fingerprint density at radius 1 is 1.04 bits per heavy atom. The smallest absolute Gasteiger partial charge is 0.224 e. The van der Waals surface area contributed by atoms with Gasteiger partial charge in [0.15, 0.2) is 0 Å². The SMILES string of the molecule is CC1CN(Cc2ccccc2NC(=O)CCCc2ccccc2)CC(C)O1. The summed E-state index contributed by atoms with van der Waals surface area (Å²) in [6, 6.07) is 18.4. The monoisotopic (exact) mass is 366 g/mol. The van der Waals surface area contributed by atoms with E-state index >= 15 is 0 Å². The standard InChI is InChI=1S/C23H30N2O2/c1-18-15-25(16-19(2)27-18)17-21-12-6-7-13-22(21)24-23(26)14-8-11-20-9-4-3-5-10-20/h3-7,9-10,12-13,18-19H,8,11,14-17H2,1-2H3,(H,24,26). The molecule has 0 aliphatic carbocycles. The predicted octanol–water partition coefficient (Wildman–Crippen LogP) is 4.26. The van der Waals surface area contributed by atoms with Gasteiger partial charge in [0.1, 0.15) is 0 Å². The first-order chi connectivity index (χ1) is 13.1. The third kappa shape index (κ3) is 6.19. The van der Waals surface area contributed by atoms with Crippen molar-refractivity contribution in [3.05, 3.63) is 65.7 Å². The number of para-hydroxylation sites is 1. The molecular weight excluding hydrogens is 336 g/mol. The van der Waals surface area contributed by atoms with E-state index in [1.165, 1.54) is 5.56 Å². The highest BCUT2D eigenvalue weighted by Gasteiger charge is 2.22. The van der Waals surface area contributed by atoms with E-state index in [0.717, 1.165) is 43.7 Å². The number of hydrogen-bond acceptors (Lipinski definition) is 3. The molecule has 1 aliphatic rings. The zero-order chi connectivity index (χ0) is 19.1. The van der Waals surface area contributed by atoms with Crippen LogP contribution in [0.5, 0.6) is 0 Å². The molecule has 0 aromatic heterocycles. The number of rotatable bonds is 7. The van der Waals surface area contributed by atoms with Gasteiger partial charge in [-0.1, -0.05) is 48.5 Å². The number of ether oxygens (including phenoxy) is 1. The van der Waals surface area contributed by atoms with Gasteiger partial charge in [-0.15, -0.1) is 0 Å². The van der Waals surface area contributed by atoms with E-state index in [4.69, 9.17) is 4.74 Å². The first-order valence-corrected chi connectivity index (χ1v) is 9.89. The summed E-state index contributed by atoms with van der Waals surface area (Å²) in [7, 11) is 0. The van der Waals surface area contributed by atoms with Gasteiger partial charge in [0.2, 0.25) is 5.91 Å². The fourth-order valence-corrected chi connectivity index (χ4v) is 3.74. The number of anilines is 1. The fourth-order valence-electron chi connectivity index (χ4n) is 3.74. The summed E-state index contributed by atoms with van der Waals surface area (Å²) in [5.74, 6) is 0.0853. The van der Waals surface area contributed by atoms with E-state index < -0.39 is 0 Å². The molecule has 0 radical (unpaired) electrons. The predicted molar refractivity (Wildman–Crippen MR) is 110 cm³/mol. The molecular formula is C23H30N2O2. The molecule has 0 saturated carbocycles. The topological polar surface area (TPSA) is 41.6 Å². The van der Waals surface area contributed by atoms with Crippen LogP contribution in [0.3, 0.4) is 0 Å². The van der Waals surface area contributed by atoms with Crippen molar-refractivity contribution >= 4 is 11.6 Å². The highest BCUT2D eigenvalue weighted by molar-refractivity contribution is 5.91. The second-order valence-corrected chi connectivity index (χ2v) is 7.50. The summed E-state index contributed by atoms with van der Waals surface area (Å²) >= 11 is 0. The quantitative estimate of drug-likeness (QED) is 0.796. The van der Waals surface area contributed by atoms with Crippen molar-refractivity contribution in [1.29, 1.82) is 0 Å².